The lowest BCUT2D eigenvalue weighted by Crippen LogP contribution is -2.47. The Morgan fingerprint density at radius 2 is 1.13 bits per heavy atom. The molecule has 3 aromatic carbocycles. The number of allylic oxidation sites excluding steroid dienone is 4. The lowest BCUT2D eigenvalue weighted by molar-refractivity contribution is -0.140. The Morgan fingerprint density at radius 1 is 0.638 bits per heavy atom. The van der Waals surface area contributed by atoms with Crippen molar-refractivity contribution in [2.75, 3.05) is 70.6 Å². The van der Waals surface area contributed by atoms with Crippen LogP contribution in [-0.2, 0) is 23.9 Å². The van der Waals surface area contributed by atoms with Crippen LogP contribution in [-0.4, -0.2) is 133 Å². The van der Waals surface area contributed by atoms with Gasteiger partial charge in [0.15, 0.2) is 18.9 Å². The largest absolute Gasteiger partial charge is 0.494 e. The van der Waals surface area contributed by atoms with Gasteiger partial charge in [-0.15, -0.1) is 0 Å². The molecule has 4 aliphatic heterocycles. The molecule has 0 radical (unpaired) electrons. The molecule has 366 valence electrons. The number of nitrogens with two attached hydrogens (primary N) is 1. The third-order valence-electron chi connectivity index (χ3n) is 11.9. The third kappa shape index (κ3) is 15.4. The molecule has 1 aliphatic carbocycles. The molecule has 4 fully saturated rings. The monoisotopic (exact) mass is 947 g/mol. The number of hydrogen-bond donors (Lipinski definition) is 3. The summed E-state index contributed by atoms with van der Waals surface area (Å²) in [7, 11) is 0. The summed E-state index contributed by atoms with van der Waals surface area (Å²) < 4.78 is 21.3. The number of anilines is 1. The number of benzene rings is 3. The highest BCUT2D eigenvalue weighted by atomic mass is 16.5. The van der Waals surface area contributed by atoms with Gasteiger partial charge in [0, 0.05) is 81.0 Å². The summed E-state index contributed by atoms with van der Waals surface area (Å²) in [6.07, 6.45) is 13.9. The number of carbonyl (C=O) groups excluding carboxylic acids is 5. The summed E-state index contributed by atoms with van der Waals surface area (Å²) in [6, 6.07) is 22.0. The maximum atomic E-state index is 12.7. The molecule has 0 bridgehead atoms. The van der Waals surface area contributed by atoms with Crippen molar-refractivity contribution >= 4 is 41.2 Å². The molecule has 4 heterocycles. The van der Waals surface area contributed by atoms with Gasteiger partial charge in [0.05, 0.1) is 31.4 Å². The van der Waals surface area contributed by atoms with Gasteiger partial charge in [-0.1, -0.05) is 0 Å². The van der Waals surface area contributed by atoms with Crippen molar-refractivity contribution in [3.8, 4) is 17.2 Å². The Bertz CT molecular complexity index is 2320. The zero-order valence-electron chi connectivity index (χ0n) is 39.4. The number of aliphatic carboxylic acids is 1. The lowest BCUT2D eigenvalue weighted by atomic mass is 10.0. The maximum absolute atomic E-state index is 12.7. The van der Waals surface area contributed by atoms with E-state index in [1.807, 2.05) is 72.2 Å². The van der Waals surface area contributed by atoms with Crippen LogP contribution in [0.2, 0.25) is 0 Å². The second kappa shape index (κ2) is 25.8. The molecule has 4 saturated heterocycles. The number of nitrogens with one attached hydrogen (secondary N) is 1. The van der Waals surface area contributed by atoms with Crippen LogP contribution in [0.15, 0.2) is 102 Å². The molecule has 0 atom stereocenters. The van der Waals surface area contributed by atoms with Crippen molar-refractivity contribution in [1.29, 1.82) is 0 Å². The number of carboxylic acid groups (broad SMARTS) is 1. The van der Waals surface area contributed by atoms with Crippen LogP contribution in [0.5, 0.6) is 17.2 Å². The van der Waals surface area contributed by atoms with Gasteiger partial charge in [-0.05, 0) is 125 Å². The van der Waals surface area contributed by atoms with Crippen molar-refractivity contribution in [2.24, 2.45) is 5.73 Å². The number of piperidine rings is 2. The van der Waals surface area contributed by atoms with Crippen molar-refractivity contribution in [1.82, 2.24) is 20.0 Å². The Morgan fingerprint density at radius 3 is 1.59 bits per heavy atom. The summed E-state index contributed by atoms with van der Waals surface area (Å²) in [4.78, 5) is 78.1. The summed E-state index contributed by atoms with van der Waals surface area (Å²) >= 11 is 0. The zero-order chi connectivity index (χ0) is 49.1. The van der Waals surface area contributed by atoms with Crippen LogP contribution in [0.4, 0.5) is 5.69 Å². The second-order valence-corrected chi connectivity index (χ2v) is 16.9. The van der Waals surface area contributed by atoms with E-state index in [4.69, 9.17) is 29.8 Å². The number of amides is 5. The van der Waals surface area contributed by atoms with Gasteiger partial charge >= 0.3 is 5.97 Å². The van der Waals surface area contributed by atoms with E-state index in [9.17, 15) is 28.8 Å². The Balaban J connectivity index is 0.000000188. The van der Waals surface area contributed by atoms with E-state index in [0.717, 1.165) is 74.7 Å². The van der Waals surface area contributed by atoms with E-state index in [1.54, 1.807) is 52.3 Å². The fourth-order valence-electron chi connectivity index (χ4n) is 8.20. The Labute approximate surface area is 403 Å². The average Bonchev–Trinajstić information content (AvgIpc) is 4.01. The SMILES string of the molecule is CCOc1ccc(C(=O)N2CCC(N)CC2)cc1.CCOc1ccc(C(=O)N2CCC(NC(=O)COc3ccc(N4CCCC4=O)cc3)CC2)cc1.O=C(O)COC1=[C+]C=C(N2CCCC2=O)C=C1. The highest BCUT2D eigenvalue weighted by Crippen LogP contribution is 2.25. The first-order chi connectivity index (χ1) is 33.4. The van der Waals surface area contributed by atoms with Crippen LogP contribution < -0.4 is 30.2 Å². The summed E-state index contributed by atoms with van der Waals surface area (Å²) in [5.41, 5.74) is 8.82. The predicted octanol–water partition coefficient (Wildman–Crippen LogP) is 5.51. The van der Waals surface area contributed by atoms with Gasteiger partial charge in [0.2, 0.25) is 11.8 Å². The highest BCUT2D eigenvalue weighted by molar-refractivity contribution is 5.96. The smallest absolute Gasteiger partial charge is 0.341 e. The molecule has 0 aromatic heterocycles. The molecule has 3 aromatic rings. The van der Waals surface area contributed by atoms with Crippen LogP contribution in [0.25, 0.3) is 0 Å². The fourth-order valence-corrected chi connectivity index (χ4v) is 8.20. The summed E-state index contributed by atoms with van der Waals surface area (Å²) in [5, 5.41) is 11.4. The average molecular weight is 948 g/mol. The van der Waals surface area contributed by atoms with Crippen LogP contribution in [0.1, 0.15) is 85.9 Å². The van der Waals surface area contributed by atoms with Gasteiger partial charge in [0.25, 0.3) is 23.5 Å². The number of hydrogen-bond acceptors (Lipinski definition) is 11. The van der Waals surface area contributed by atoms with E-state index in [-0.39, 0.29) is 48.2 Å². The summed E-state index contributed by atoms with van der Waals surface area (Å²) in [6.45, 7) is 8.78. The van der Waals surface area contributed by atoms with Crippen molar-refractivity contribution in [2.45, 2.75) is 77.3 Å². The fraction of sp³-hybridized carbons (Fsp3) is 0.423. The van der Waals surface area contributed by atoms with E-state index >= 15 is 0 Å². The first-order valence-corrected chi connectivity index (χ1v) is 23.7. The van der Waals surface area contributed by atoms with Crippen LogP contribution in [0, 0.1) is 6.08 Å². The normalized spacial score (nSPS) is 17.0. The third-order valence-corrected chi connectivity index (χ3v) is 11.9. The highest BCUT2D eigenvalue weighted by Gasteiger charge is 2.29. The molecule has 0 spiro atoms. The van der Waals surface area contributed by atoms with Crippen molar-refractivity contribution in [3.63, 3.8) is 0 Å². The van der Waals surface area contributed by atoms with Gasteiger partial charge in [0.1, 0.15) is 23.3 Å². The van der Waals surface area contributed by atoms with E-state index < -0.39 is 12.6 Å². The Hall–Kier alpha value is -7.23. The van der Waals surface area contributed by atoms with Gasteiger partial charge in [-0.25, -0.2) is 4.79 Å². The number of carboxylic acids is 1. The van der Waals surface area contributed by atoms with Gasteiger partial charge in [-0.2, -0.15) is 0 Å². The van der Waals surface area contributed by atoms with Crippen LogP contribution in [0.3, 0.4) is 0 Å². The molecule has 17 nitrogen and oxygen atoms in total. The zero-order valence-corrected chi connectivity index (χ0v) is 39.4. The molecule has 4 N–H and O–H groups in total. The molecule has 8 rings (SSSR count). The molecule has 17 heteroatoms. The quantitative estimate of drug-likeness (QED) is 0.161. The number of likely N-dealkylation sites (tertiary alicyclic amines) is 3. The molecular formula is C52H63N6O11+. The number of nitrogens with zero attached hydrogens (tertiary/aromatic N) is 4. The number of rotatable bonds is 15. The van der Waals surface area contributed by atoms with Gasteiger partial charge < -0.3 is 49.8 Å². The van der Waals surface area contributed by atoms with Crippen molar-refractivity contribution < 1.29 is 52.8 Å². The molecule has 5 amide bonds. The molecular weight excluding hydrogens is 885 g/mol. The topological polar surface area (TPSA) is 211 Å². The minimum Gasteiger partial charge on any atom is -0.494 e. The minimum absolute atomic E-state index is 0.00441. The Kier molecular flexibility index (Phi) is 19.1. The van der Waals surface area contributed by atoms with E-state index in [0.29, 0.717) is 74.6 Å². The molecule has 0 unspecified atom stereocenters. The summed E-state index contributed by atoms with van der Waals surface area (Å²) in [5.74, 6) is 1.62. The van der Waals surface area contributed by atoms with E-state index in [2.05, 4.69) is 11.4 Å². The van der Waals surface area contributed by atoms with E-state index in [1.165, 1.54) is 0 Å². The molecule has 69 heavy (non-hydrogen) atoms. The minimum atomic E-state index is -1.03. The van der Waals surface area contributed by atoms with Crippen LogP contribution >= 0.6 is 0 Å². The number of carbonyl (C=O) groups is 6. The molecule has 0 saturated carbocycles. The number of ether oxygens (including phenoxy) is 4. The maximum Gasteiger partial charge on any atom is 0.341 e. The molecule has 5 aliphatic rings. The first-order valence-electron chi connectivity index (χ1n) is 23.7. The standard InChI is InChI=1S/C26H31N3O5.C14H20N2O2.C12H11NO4/c1-2-33-22-9-5-19(6-10-22)26(32)28-16-13-20(14-17-28)27-24(30)18-34-23-11-7-21(8-12-23)29-15-3-4-25(29)31;1-2-18-13-5-3-11(4-6-13)14(17)16-9-7-12(15)8-10-16;14-11-2-1-7-13(11)9-3-5-10(6-4-9)17-8-12(15)16/h5-12,20H,2-4,13-18H2,1H3,(H,27,30);3-6,12H,2,7-10,15H2,1H3;3-5H,1-2,7-8H2/p+1. The second-order valence-electron chi connectivity index (χ2n) is 16.9. The lowest BCUT2D eigenvalue weighted by Gasteiger charge is -2.32. The first kappa shape index (κ1) is 51.2. The van der Waals surface area contributed by atoms with Gasteiger partial charge in [-0.3, -0.25) is 28.9 Å². The van der Waals surface area contributed by atoms with Crippen molar-refractivity contribution in [3.05, 3.63) is 120 Å². The predicted molar refractivity (Wildman–Crippen MR) is 257 cm³/mol.